The minimum Gasteiger partial charge on any atom is -0.454 e. The molecule has 36 heavy (non-hydrogen) atoms. The zero-order valence-corrected chi connectivity index (χ0v) is 23.0. The van der Waals surface area contributed by atoms with Gasteiger partial charge < -0.3 is 35.5 Å². The van der Waals surface area contributed by atoms with E-state index >= 15 is 0 Å². The summed E-state index contributed by atoms with van der Waals surface area (Å²) in [5.74, 6) is 1.93. The van der Waals surface area contributed by atoms with Crippen molar-refractivity contribution in [1.29, 1.82) is 0 Å². The monoisotopic (exact) mass is 578 g/mol. The topological polar surface area (TPSA) is 128 Å². The van der Waals surface area contributed by atoms with Gasteiger partial charge in [-0.3, -0.25) is 0 Å². The number of rotatable bonds is 5. The molecule has 3 aliphatic rings. The molecule has 1 amide bonds. The Morgan fingerprint density at radius 3 is 2.72 bits per heavy atom. The van der Waals surface area contributed by atoms with Gasteiger partial charge in [-0.15, -0.1) is 0 Å². The molecule has 4 rings (SSSR count). The van der Waals surface area contributed by atoms with E-state index in [0.717, 1.165) is 22.2 Å². The summed E-state index contributed by atoms with van der Waals surface area (Å²) in [6, 6.07) is 3.79. The van der Waals surface area contributed by atoms with Crippen molar-refractivity contribution in [3.63, 3.8) is 0 Å². The second kappa shape index (κ2) is 10.6. The van der Waals surface area contributed by atoms with E-state index in [-0.39, 0.29) is 24.7 Å². The van der Waals surface area contributed by atoms with Crippen molar-refractivity contribution in [3.8, 4) is 11.5 Å². The van der Waals surface area contributed by atoms with E-state index in [9.17, 15) is 4.79 Å². The molecule has 1 atom stereocenters. The summed E-state index contributed by atoms with van der Waals surface area (Å²) < 4.78 is 17.3. The third-order valence-electron chi connectivity index (χ3n) is 5.72. The molecule has 0 bridgehead atoms. The molecule has 3 heterocycles. The van der Waals surface area contributed by atoms with Crippen LogP contribution in [0.4, 0.5) is 4.79 Å². The summed E-state index contributed by atoms with van der Waals surface area (Å²) in [5.41, 5.74) is 11.8. The predicted octanol–water partition coefficient (Wildman–Crippen LogP) is 4.36. The number of benzene rings is 1. The number of thioether (sulfide) groups is 1. The van der Waals surface area contributed by atoms with Crippen LogP contribution in [0.3, 0.4) is 0 Å². The van der Waals surface area contributed by atoms with Crippen molar-refractivity contribution in [2.45, 2.75) is 56.6 Å². The van der Waals surface area contributed by atoms with Gasteiger partial charge in [-0.2, -0.15) is 0 Å². The molecule has 0 aliphatic carbocycles. The Morgan fingerprint density at radius 2 is 2.06 bits per heavy atom. The van der Waals surface area contributed by atoms with Gasteiger partial charge in [0.05, 0.1) is 0 Å². The van der Waals surface area contributed by atoms with Crippen LogP contribution in [0.1, 0.15) is 40.0 Å². The number of halogens is 1. The number of carbonyl (C=O) groups excluding carboxylic acids is 1. The molecule has 1 aromatic rings. The predicted molar refractivity (Wildman–Crippen MR) is 144 cm³/mol. The number of likely N-dealkylation sites (tertiary alicyclic amines) is 1. The van der Waals surface area contributed by atoms with Crippen molar-refractivity contribution < 1.29 is 19.0 Å². The van der Waals surface area contributed by atoms with E-state index in [1.54, 1.807) is 6.20 Å². The fourth-order valence-electron chi connectivity index (χ4n) is 4.10. The summed E-state index contributed by atoms with van der Waals surface area (Å²) in [7, 11) is 0. The van der Waals surface area contributed by atoms with Gasteiger partial charge in [0.1, 0.15) is 17.1 Å². The van der Waals surface area contributed by atoms with Crippen LogP contribution < -0.4 is 20.9 Å². The molecule has 4 N–H and O–H groups in total. The first kappa shape index (κ1) is 26.2. The highest BCUT2D eigenvalue weighted by molar-refractivity contribution is 9.10. The maximum atomic E-state index is 12.7. The van der Waals surface area contributed by atoms with Crippen LogP contribution in [0.25, 0.3) is 0 Å². The molecule has 1 saturated heterocycles. The minimum atomic E-state index is -0.535. The Bertz CT molecular complexity index is 1140. The highest BCUT2D eigenvalue weighted by atomic mass is 79.9. The van der Waals surface area contributed by atoms with E-state index in [2.05, 4.69) is 27.5 Å². The standard InChI is InChI=1S/C24H31BrN6O4S/c1-5-30(10-8-14-7-6-9-31(14)23(32)35-24(2,3)4)21-19(20(26)27)28-22(29-21)36-18-12-17-16(11-15(18)25)33-13-34-17/h5,11-12,14H,1,6-10,13,26-27H2,2-4H3. The van der Waals surface area contributed by atoms with Crippen LogP contribution >= 0.6 is 27.7 Å². The Kier molecular flexibility index (Phi) is 7.74. The number of ether oxygens (including phenoxy) is 3. The fourth-order valence-corrected chi connectivity index (χ4v) is 5.45. The highest BCUT2D eigenvalue weighted by Crippen LogP contribution is 2.42. The van der Waals surface area contributed by atoms with E-state index in [0.29, 0.717) is 47.7 Å². The van der Waals surface area contributed by atoms with Crippen molar-refractivity contribution in [2.24, 2.45) is 21.5 Å². The van der Waals surface area contributed by atoms with Gasteiger partial charge in [0.25, 0.3) is 0 Å². The lowest BCUT2D eigenvalue weighted by molar-refractivity contribution is 0.0218. The Labute approximate surface area is 223 Å². The van der Waals surface area contributed by atoms with Crippen LogP contribution in [0.2, 0.25) is 0 Å². The van der Waals surface area contributed by atoms with Crippen LogP contribution in [-0.4, -0.2) is 58.4 Å². The number of nitrogens with zero attached hydrogens (tertiary/aromatic N) is 4. The fraction of sp³-hybridized carbons (Fsp3) is 0.458. The zero-order chi connectivity index (χ0) is 26.0. The molecule has 0 radical (unpaired) electrons. The molecule has 0 aromatic heterocycles. The molecular weight excluding hydrogens is 548 g/mol. The third-order valence-corrected chi connectivity index (χ3v) is 7.56. The molecule has 1 unspecified atom stereocenters. The van der Waals surface area contributed by atoms with Crippen LogP contribution in [0.15, 0.2) is 55.8 Å². The van der Waals surface area contributed by atoms with Gasteiger partial charge in [-0.1, -0.05) is 6.58 Å². The third kappa shape index (κ3) is 5.92. The average Bonchev–Trinajstić information content (AvgIpc) is 3.53. The number of hydrogen-bond donors (Lipinski definition) is 2. The van der Waals surface area contributed by atoms with E-state index < -0.39 is 5.60 Å². The Balaban J connectivity index is 1.47. The largest absolute Gasteiger partial charge is 0.454 e. The number of amidine groups is 2. The lowest BCUT2D eigenvalue weighted by atomic mass is 10.1. The smallest absolute Gasteiger partial charge is 0.410 e. The van der Waals surface area contributed by atoms with E-state index in [1.807, 2.05) is 42.7 Å². The van der Waals surface area contributed by atoms with Crippen LogP contribution in [0.5, 0.6) is 11.5 Å². The van der Waals surface area contributed by atoms with Gasteiger partial charge >= 0.3 is 6.09 Å². The van der Waals surface area contributed by atoms with Gasteiger partial charge in [-0.05, 0) is 86.1 Å². The molecule has 0 spiro atoms. The molecule has 0 saturated carbocycles. The number of aliphatic imine (C=N–C) groups is 2. The number of hydrogen-bond acceptors (Lipinski definition) is 10. The van der Waals surface area contributed by atoms with E-state index in [4.69, 9.17) is 30.7 Å². The maximum Gasteiger partial charge on any atom is 0.410 e. The van der Waals surface area contributed by atoms with Crippen LogP contribution in [0, 0.1) is 0 Å². The quantitative estimate of drug-likeness (QED) is 0.527. The second-order valence-electron chi connectivity index (χ2n) is 9.51. The van der Waals surface area contributed by atoms with Crippen LogP contribution in [-0.2, 0) is 4.74 Å². The first-order valence-electron chi connectivity index (χ1n) is 11.6. The van der Waals surface area contributed by atoms with Gasteiger partial charge in [0, 0.05) is 28.5 Å². The first-order chi connectivity index (χ1) is 17.1. The number of amides is 1. The van der Waals surface area contributed by atoms with E-state index in [1.165, 1.54) is 11.8 Å². The van der Waals surface area contributed by atoms with Crippen molar-refractivity contribution in [1.82, 2.24) is 9.80 Å². The molecule has 12 heteroatoms. The van der Waals surface area contributed by atoms with Gasteiger partial charge in [-0.25, -0.2) is 14.8 Å². The highest BCUT2D eigenvalue weighted by Gasteiger charge is 2.33. The first-order valence-corrected chi connectivity index (χ1v) is 13.3. The summed E-state index contributed by atoms with van der Waals surface area (Å²) in [6.07, 6.45) is 3.95. The number of carbonyl (C=O) groups is 1. The summed E-state index contributed by atoms with van der Waals surface area (Å²) in [5, 5.41) is 0.482. The van der Waals surface area contributed by atoms with Gasteiger partial charge in [0.15, 0.2) is 22.5 Å². The molecule has 194 valence electrons. The molecule has 1 fully saturated rings. The summed E-state index contributed by atoms with van der Waals surface area (Å²) in [6.45, 7) is 11.0. The van der Waals surface area contributed by atoms with Crippen molar-refractivity contribution in [2.75, 3.05) is 19.9 Å². The minimum absolute atomic E-state index is 0.0614. The van der Waals surface area contributed by atoms with Gasteiger partial charge in [0.2, 0.25) is 6.79 Å². The lowest BCUT2D eigenvalue weighted by Crippen LogP contribution is -2.41. The average molecular weight is 580 g/mol. The van der Waals surface area contributed by atoms with Crippen molar-refractivity contribution in [3.05, 3.63) is 40.9 Å². The lowest BCUT2D eigenvalue weighted by Gasteiger charge is -2.30. The summed E-state index contributed by atoms with van der Waals surface area (Å²) >= 11 is 4.92. The SMILES string of the molecule is C=CN(CCC1CCCN1C(=O)OC(C)(C)C)C1=NC(Sc2cc3c(cc2Br)OCO3)=NC1=C(N)N. The summed E-state index contributed by atoms with van der Waals surface area (Å²) in [4.78, 5) is 26.5. The van der Waals surface area contributed by atoms with Crippen molar-refractivity contribution >= 4 is 44.8 Å². The number of fused-ring (bicyclic) bond motifs is 1. The number of nitrogens with two attached hydrogens (primary N) is 2. The Morgan fingerprint density at radius 1 is 1.33 bits per heavy atom. The zero-order valence-electron chi connectivity index (χ0n) is 20.6. The molecule has 1 aromatic carbocycles. The Hall–Kier alpha value is -2.86. The molecular formula is C24H31BrN6O4S. The normalized spacial score (nSPS) is 18.7. The molecule has 3 aliphatic heterocycles. The second-order valence-corrected chi connectivity index (χ2v) is 11.4. The maximum absolute atomic E-state index is 12.7. The molecule has 10 nitrogen and oxygen atoms in total.